The molecule has 18 heavy (non-hydrogen) atoms. The number of carbonyl (C=O) groups excluding carboxylic acids is 1. The summed E-state index contributed by atoms with van der Waals surface area (Å²) in [5.74, 6) is 0.179. The van der Waals surface area contributed by atoms with E-state index in [0.29, 0.717) is 0 Å². The van der Waals surface area contributed by atoms with Gasteiger partial charge in [0, 0.05) is 13.1 Å². The predicted octanol–water partition coefficient (Wildman–Crippen LogP) is 1.79. The van der Waals surface area contributed by atoms with E-state index in [0.717, 1.165) is 51.9 Å². The summed E-state index contributed by atoms with van der Waals surface area (Å²) in [6.45, 7) is 8.17. The zero-order valence-corrected chi connectivity index (χ0v) is 11.9. The lowest BCUT2D eigenvalue weighted by Crippen LogP contribution is -2.40. The Kier molecular flexibility index (Phi) is 8.01. The maximum Gasteiger partial charge on any atom is 0.248 e. The lowest BCUT2D eigenvalue weighted by molar-refractivity contribution is -0.139. The second-order valence-electron chi connectivity index (χ2n) is 4.70. The number of rotatable bonds is 3. The number of amides is 1. The van der Waals surface area contributed by atoms with E-state index in [-0.39, 0.29) is 18.6 Å². The van der Waals surface area contributed by atoms with Crippen molar-refractivity contribution in [1.29, 1.82) is 0 Å². The summed E-state index contributed by atoms with van der Waals surface area (Å²) < 4.78 is 5.67. The molecule has 0 bridgehead atoms. The molecule has 0 spiro atoms. The summed E-state index contributed by atoms with van der Waals surface area (Å²) in [6, 6.07) is 0. The Hall–Kier alpha value is -0.610. The average Bonchev–Trinajstić information content (AvgIpc) is 2.49. The SMILES string of the molecule is CC.O=C(COC1CCNCC1)N1CCCCC1. The Morgan fingerprint density at radius 3 is 2.39 bits per heavy atom. The third-order valence-electron chi connectivity index (χ3n) is 3.44. The van der Waals surface area contributed by atoms with Crippen molar-refractivity contribution in [3.05, 3.63) is 0 Å². The van der Waals surface area contributed by atoms with E-state index in [2.05, 4.69) is 5.32 Å². The number of hydrogen-bond donors (Lipinski definition) is 1. The number of nitrogens with one attached hydrogen (secondary N) is 1. The second-order valence-corrected chi connectivity index (χ2v) is 4.70. The van der Waals surface area contributed by atoms with Crippen LogP contribution in [0.2, 0.25) is 0 Å². The monoisotopic (exact) mass is 256 g/mol. The summed E-state index contributed by atoms with van der Waals surface area (Å²) in [4.78, 5) is 13.8. The Morgan fingerprint density at radius 1 is 1.17 bits per heavy atom. The summed E-state index contributed by atoms with van der Waals surface area (Å²) >= 11 is 0. The van der Waals surface area contributed by atoms with Gasteiger partial charge in [0.15, 0.2) is 0 Å². The van der Waals surface area contributed by atoms with Crippen LogP contribution in [0.4, 0.5) is 0 Å². The molecule has 2 aliphatic rings. The Balaban J connectivity index is 0.000000771. The second kappa shape index (κ2) is 9.34. The van der Waals surface area contributed by atoms with Gasteiger partial charge in [-0.25, -0.2) is 0 Å². The summed E-state index contributed by atoms with van der Waals surface area (Å²) in [7, 11) is 0. The van der Waals surface area contributed by atoms with Crippen molar-refractivity contribution in [3.63, 3.8) is 0 Å². The molecular weight excluding hydrogens is 228 g/mol. The van der Waals surface area contributed by atoms with Gasteiger partial charge in [-0.1, -0.05) is 13.8 Å². The fourth-order valence-electron chi connectivity index (χ4n) is 2.39. The summed E-state index contributed by atoms with van der Waals surface area (Å²) in [6.07, 6.45) is 5.92. The van der Waals surface area contributed by atoms with Crippen molar-refractivity contribution in [1.82, 2.24) is 10.2 Å². The number of hydrogen-bond acceptors (Lipinski definition) is 3. The molecule has 0 radical (unpaired) electrons. The molecule has 0 aromatic heterocycles. The first-order chi connectivity index (χ1) is 8.86. The third kappa shape index (κ3) is 5.36. The normalized spacial score (nSPS) is 21.1. The van der Waals surface area contributed by atoms with Crippen molar-refractivity contribution in [2.45, 2.75) is 52.1 Å². The highest BCUT2D eigenvalue weighted by atomic mass is 16.5. The van der Waals surface area contributed by atoms with Gasteiger partial charge in [0.2, 0.25) is 5.91 Å². The Bertz CT molecular complexity index is 222. The number of piperidine rings is 2. The van der Waals surface area contributed by atoms with Crippen LogP contribution in [0, 0.1) is 0 Å². The van der Waals surface area contributed by atoms with Crippen LogP contribution in [-0.2, 0) is 9.53 Å². The highest BCUT2D eigenvalue weighted by Gasteiger charge is 2.19. The smallest absolute Gasteiger partial charge is 0.248 e. The lowest BCUT2D eigenvalue weighted by Gasteiger charge is -2.28. The molecule has 4 heteroatoms. The molecule has 0 aromatic rings. The van der Waals surface area contributed by atoms with E-state index in [1.165, 1.54) is 6.42 Å². The highest BCUT2D eigenvalue weighted by Crippen LogP contribution is 2.11. The van der Waals surface area contributed by atoms with Gasteiger partial charge in [-0.05, 0) is 45.2 Å². The number of nitrogens with zero attached hydrogens (tertiary/aromatic N) is 1. The minimum Gasteiger partial charge on any atom is -0.368 e. The minimum atomic E-state index is 0.179. The van der Waals surface area contributed by atoms with Gasteiger partial charge in [0.25, 0.3) is 0 Å². The van der Waals surface area contributed by atoms with E-state index >= 15 is 0 Å². The van der Waals surface area contributed by atoms with E-state index in [1.54, 1.807) is 0 Å². The third-order valence-corrected chi connectivity index (χ3v) is 3.44. The molecule has 1 amide bonds. The zero-order chi connectivity index (χ0) is 13.2. The van der Waals surface area contributed by atoms with Gasteiger partial charge in [-0.3, -0.25) is 4.79 Å². The number of ether oxygens (including phenoxy) is 1. The van der Waals surface area contributed by atoms with Gasteiger partial charge in [-0.15, -0.1) is 0 Å². The fourth-order valence-corrected chi connectivity index (χ4v) is 2.39. The largest absolute Gasteiger partial charge is 0.368 e. The molecular formula is C14H28N2O2. The van der Waals surface area contributed by atoms with Crippen molar-refractivity contribution in [3.8, 4) is 0 Å². The van der Waals surface area contributed by atoms with E-state index in [9.17, 15) is 4.79 Å². The maximum atomic E-state index is 11.8. The molecule has 4 nitrogen and oxygen atoms in total. The van der Waals surface area contributed by atoms with E-state index in [1.807, 2.05) is 18.7 Å². The number of carbonyl (C=O) groups is 1. The average molecular weight is 256 g/mol. The maximum absolute atomic E-state index is 11.8. The van der Waals surface area contributed by atoms with Crippen molar-refractivity contribution < 1.29 is 9.53 Å². The molecule has 1 N–H and O–H groups in total. The topological polar surface area (TPSA) is 41.6 Å². The van der Waals surface area contributed by atoms with Crippen LogP contribution in [0.3, 0.4) is 0 Å². The molecule has 2 heterocycles. The van der Waals surface area contributed by atoms with Crippen LogP contribution in [0.5, 0.6) is 0 Å². The van der Waals surface area contributed by atoms with E-state index in [4.69, 9.17) is 4.74 Å². The molecule has 2 aliphatic heterocycles. The van der Waals surface area contributed by atoms with Gasteiger partial charge < -0.3 is 15.0 Å². The van der Waals surface area contributed by atoms with Crippen LogP contribution >= 0.6 is 0 Å². The van der Waals surface area contributed by atoms with Crippen molar-refractivity contribution >= 4 is 5.91 Å². The molecule has 2 fully saturated rings. The molecule has 0 aliphatic carbocycles. The van der Waals surface area contributed by atoms with E-state index < -0.39 is 0 Å². The standard InChI is InChI=1S/C12H22N2O2.C2H6/c15-12(14-8-2-1-3-9-14)10-16-11-4-6-13-7-5-11;1-2/h11,13H,1-10H2;1-2H3. The first-order valence-electron chi connectivity index (χ1n) is 7.46. The summed E-state index contributed by atoms with van der Waals surface area (Å²) in [5.41, 5.74) is 0. The molecule has 2 saturated heterocycles. The van der Waals surface area contributed by atoms with Crippen molar-refractivity contribution in [2.75, 3.05) is 32.8 Å². The summed E-state index contributed by atoms with van der Waals surface area (Å²) in [5, 5.41) is 3.29. The van der Waals surface area contributed by atoms with Gasteiger partial charge >= 0.3 is 0 Å². The predicted molar refractivity (Wildman–Crippen MR) is 73.6 cm³/mol. The zero-order valence-electron chi connectivity index (χ0n) is 11.9. The minimum absolute atomic E-state index is 0.179. The Morgan fingerprint density at radius 2 is 1.78 bits per heavy atom. The lowest BCUT2D eigenvalue weighted by atomic mass is 10.1. The fraction of sp³-hybridized carbons (Fsp3) is 0.929. The number of likely N-dealkylation sites (tertiary alicyclic amines) is 1. The molecule has 2 rings (SSSR count). The van der Waals surface area contributed by atoms with Crippen molar-refractivity contribution in [2.24, 2.45) is 0 Å². The molecule has 0 aromatic carbocycles. The van der Waals surface area contributed by atoms with Gasteiger partial charge in [0.05, 0.1) is 6.10 Å². The highest BCUT2D eigenvalue weighted by molar-refractivity contribution is 5.77. The van der Waals surface area contributed by atoms with Crippen LogP contribution < -0.4 is 5.32 Å². The van der Waals surface area contributed by atoms with Crippen LogP contribution in [0.1, 0.15) is 46.0 Å². The van der Waals surface area contributed by atoms with Crippen LogP contribution in [0.15, 0.2) is 0 Å². The first-order valence-corrected chi connectivity index (χ1v) is 7.46. The molecule has 0 unspecified atom stereocenters. The first kappa shape index (κ1) is 15.4. The van der Waals surface area contributed by atoms with Crippen LogP contribution in [0.25, 0.3) is 0 Å². The molecule has 0 saturated carbocycles. The molecule has 0 atom stereocenters. The Labute approximate surface area is 111 Å². The van der Waals surface area contributed by atoms with Gasteiger partial charge in [-0.2, -0.15) is 0 Å². The van der Waals surface area contributed by atoms with Crippen LogP contribution in [-0.4, -0.2) is 49.7 Å². The quantitative estimate of drug-likeness (QED) is 0.837. The van der Waals surface area contributed by atoms with Gasteiger partial charge in [0.1, 0.15) is 6.61 Å². The molecule has 106 valence electrons.